The Hall–Kier alpha value is -1.39. The van der Waals surface area contributed by atoms with Crippen molar-refractivity contribution in [1.29, 1.82) is 0 Å². The Morgan fingerprint density at radius 2 is 1.80 bits per heavy atom. The van der Waals surface area contributed by atoms with E-state index in [4.69, 9.17) is 12.6 Å². The van der Waals surface area contributed by atoms with Crippen LogP contribution in [0, 0.1) is 0 Å². The van der Waals surface area contributed by atoms with Gasteiger partial charge in [-0.25, -0.2) is 4.79 Å². The van der Waals surface area contributed by atoms with Crippen LogP contribution in [0.5, 0.6) is 0 Å². The number of ether oxygens (including phenoxy) is 1. The van der Waals surface area contributed by atoms with E-state index in [0.717, 1.165) is 31.4 Å². The van der Waals surface area contributed by atoms with Crippen LogP contribution in [0.3, 0.4) is 0 Å². The van der Waals surface area contributed by atoms with Gasteiger partial charge in [-0.3, -0.25) is 0 Å². The molecule has 2 radical (unpaired) electrons. The number of nitrogens with zero attached hydrogens (tertiary/aromatic N) is 2. The molecule has 0 spiro atoms. The van der Waals surface area contributed by atoms with Gasteiger partial charge in [0, 0.05) is 31.9 Å². The Bertz CT molecular complexity index is 430. The molecule has 1 aliphatic heterocycles. The lowest BCUT2D eigenvalue weighted by molar-refractivity contribution is 0.0167. The van der Waals surface area contributed by atoms with Crippen LogP contribution in [0.15, 0.2) is 23.3 Å². The summed E-state index contributed by atoms with van der Waals surface area (Å²) in [5, 5.41) is 0. The molecule has 2 rings (SSSR count). The number of rotatable bonds is 1. The lowest BCUT2D eigenvalue weighted by atomic mass is 9.87. The second-order valence-corrected chi connectivity index (χ2v) is 6.35. The molecule has 1 aliphatic carbocycles. The fourth-order valence-corrected chi connectivity index (χ4v) is 2.41. The highest BCUT2D eigenvalue weighted by molar-refractivity contribution is 6.21. The Balaban J connectivity index is 1.85. The molecule has 0 aromatic carbocycles. The zero-order valence-corrected chi connectivity index (χ0v) is 12.7. The van der Waals surface area contributed by atoms with Crippen LogP contribution in [0.4, 0.5) is 4.79 Å². The number of allylic oxidation sites excluding steroid dienone is 4. The van der Waals surface area contributed by atoms with Crippen LogP contribution < -0.4 is 0 Å². The van der Waals surface area contributed by atoms with E-state index in [0.29, 0.717) is 13.1 Å². The normalized spacial score (nSPS) is 20.4. The molecule has 1 saturated heterocycles. The molecule has 0 aromatic heterocycles. The maximum absolute atomic E-state index is 12.0. The minimum Gasteiger partial charge on any atom is -0.444 e. The molecule has 1 heterocycles. The Morgan fingerprint density at radius 1 is 1.15 bits per heavy atom. The highest BCUT2D eigenvalue weighted by Crippen LogP contribution is 2.21. The lowest BCUT2D eigenvalue weighted by Gasteiger charge is -2.38. The monoisotopic (exact) mass is 274 g/mol. The molecular formula is C15H23BN2O2. The first kappa shape index (κ1) is 15.0. The fourth-order valence-electron chi connectivity index (χ4n) is 2.41. The molecule has 1 fully saturated rings. The molecule has 4 nitrogen and oxygen atoms in total. The smallest absolute Gasteiger partial charge is 0.410 e. The largest absolute Gasteiger partial charge is 0.444 e. The van der Waals surface area contributed by atoms with Crippen molar-refractivity contribution in [2.24, 2.45) is 0 Å². The summed E-state index contributed by atoms with van der Waals surface area (Å²) in [7, 11) is 5.78. The van der Waals surface area contributed by atoms with Crippen LogP contribution in [0.25, 0.3) is 0 Å². The maximum Gasteiger partial charge on any atom is 0.410 e. The minimum absolute atomic E-state index is 0.209. The molecule has 20 heavy (non-hydrogen) atoms. The third-order valence-corrected chi connectivity index (χ3v) is 3.50. The molecule has 0 unspecified atom stereocenters. The van der Waals surface area contributed by atoms with E-state index in [2.05, 4.69) is 11.0 Å². The molecule has 0 N–H and O–H groups in total. The van der Waals surface area contributed by atoms with Gasteiger partial charge in [-0.1, -0.05) is 6.08 Å². The van der Waals surface area contributed by atoms with Gasteiger partial charge in [0.05, 0.1) is 0 Å². The van der Waals surface area contributed by atoms with Crippen molar-refractivity contribution in [3.8, 4) is 0 Å². The highest BCUT2D eigenvalue weighted by Gasteiger charge is 2.26. The number of hydrogen-bond acceptors (Lipinski definition) is 3. The topological polar surface area (TPSA) is 32.8 Å². The first-order valence-electron chi connectivity index (χ1n) is 7.23. The Morgan fingerprint density at radius 3 is 2.30 bits per heavy atom. The standard InChI is InChI=1S/C15H23BN2O2/c1-15(2,3)20-14(19)18-10-8-17(9-11-18)13-6-4-12(16)5-7-13/h4,6H,5,7-11H2,1-3H3. The van der Waals surface area contributed by atoms with Gasteiger partial charge in [0.25, 0.3) is 0 Å². The van der Waals surface area contributed by atoms with Gasteiger partial charge >= 0.3 is 6.09 Å². The zero-order valence-electron chi connectivity index (χ0n) is 12.7. The van der Waals surface area contributed by atoms with Gasteiger partial charge < -0.3 is 14.5 Å². The van der Waals surface area contributed by atoms with Crippen molar-refractivity contribution in [2.45, 2.75) is 39.2 Å². The molecule has 0 saturated carbocycles. The van der Waals surface area contributed by atoms with Crippen LogP contribution in [-0.2, 0) is 4.74 Å². The Labute approximate surface area is 122 Å². The van der Waals surface area contributed by atoms with E-state index in [1.165, 1.54) is 5.70 Å². The first-order chi connectivity index (χ1) is 9.35. The fraction of sp³-hybridized carbons (Fsp3) is 0.667. The summed E-state index contributed by atoms with van der Waals surface area (Å²) in [6.45, 7) is 8.83. The van der Waals surface area contributed by atoms with Crippen molar-refractivity contribution in [3.63, 3.8) is 0 Å². The van der Waals surface area contributed by atoms with Crippen LogP contribution in [0.2, 0.25) is 0 Å². The van der Waals surface area contributed by atoms with E-state index in [1.807, 2.05) is 26.8 Å². The third kappa shape index (κ3) is 4.05. The summed E-state index contributed by atoms with van der Waals surface area (Å²) in [5.41, 5.74) is 1.84. The lowest BCUT2D eigenvalue weighted by Crippen LogP contribution is -2.49. The van der Waals surface area contributed by atoms with Gasteiger partial charge in [0.1, 0.15) is 13.4 Å². The predicted octanol–water partition coefficient (Wildman–Crippen LogP) is 2.27. The SMILES string of the molecule is [B]C1=CC=C(N2CCN(C(=O)OC(C)(C)C)CC2)CC1. The summed E-state index contributed by atoms with van der Waals surface area (Å²) in [5.74, 6) is 0. The highest BCUT2D eigenvalue weighted by atomic mass is 16.6. The van der Waals surface area contributed by atoms with Crippen molar-refractivity contribution in [1.82, 2.24) is 9.80 Å². The van der Waals surface area contributed by atoms with E-state index in [1.54, 1.807) is 4.90 Å². The van der Waals surface area contributed by atoms with Gasteiger partial charge in [-0.05, 0) is 39.7 Å². The van der Waals surface area contributed by atoms with Crippen molar-refractivity contribution in [3.05, 3.63) is 23.3 Å². The quantitative estimate of drug-likeness (QED) is 0.688. The molecule has 5 heteroatoms. The minimum atomic E-state index is -0.428. The Kier molecular flexibility index (Phi) is 4.46. The van der Waals surface area contributed by atoms with Crippen molar-refractivity contribution in [2.75, 3.05) is 26.2 Å². The van der Waals surface area contributed by atoms with E-state index in [9.17, 15) is 4.79 Å². The van der Waals surface area contributed by atoms with Crippen LogP contribution in [0.1, 0.15) is 33.6 Å². The van der Waals surface area contributed by atoms with Crippen LogP contribution in [-0.4, -0.2) is 55.5 Å². The maximum atomic E-state index is 12.0. The molecule has 0 bridgehead atoms. The van der Waals surface area contributed by atoms with E-state index in [-0.39, 0.29) is 6.09 Å². The number of carbonyl (C=O) groups is 1. The summed E-state index contributed by atoms with van der Waals surface area (Å²) >= 11 is 0. The second-order valence-electron chi connectivity index (χ2n) is 6.35. The molecular weight excluding hydrogens is 251 g/mol. The molecule has 108 valence electrons. The summed E-state index contributed by atoms with van der Waals surface area (Å²) in [6, 6.07) is 0. The van der Waals surface area contributed by atoms with Crippen molar-refractivity contribution >= 4 is 13.9 Å². The molecule has 1 amide bonds. The summed E-state index contributed by atoms with van der Waals surface area (Å²) in [6.07, 6.45) is 5.80. The van der Waals surface area contributed by atoms with Gasteiger partial charge in [0.2, 0.25) is 0 Å². The van der Waals surface area contributed by atoms with Crippen molar-refractivity contribution < 1.29 is 9.53 Å². The van der Waals surface area contributed by atoms with Gasteiger partial charge in [-0.2, -0.15) is 0 Å². The summed E-state index contributed by atoms with van der Waals surface area (Å²) < 4.78 is 5.40. The number of hydrogen-bond donors (Lipinski definition) is 0. The molecule has 0 atom stereocenters. The van der Waals surface area contributed by atoms with E-state index < -0.39 is 5.60 Å². The molecule has 2 aliphatic rings. The predicted molar refractivity (Wildman–Crippen MR) is 80.5 cm³/mol. The zero-order chi connectivity index (χ0) is 14.8. The van der Waals surface area contributed by atoms with Crippen LogP contribution >= 0.6 is 0 Å². The first-order valence-corrected chi connectivity index (χ1v) is 7.23. The molecule has 0 aromatic rings. The van der Waals surface area contributed by atoms with Gasteiger partial charge in [-0.15, -0.1) is 5.47 Å². The average molecular weight is 274 g/mol. The number of piperazine rings is 1. The third-order valence-electron chi connectivity index (χ3n) is 3.50. The summed E-state index contributed by atoms with van der Waals surface area (Å²) in [4.78, 5) is 16.1. The second kappa shape index (κ2) is 5.94. The number of carbonyl (C=O) groups excluding carboxylic acids is 1. The van der Waals surface area contributed by atoms with Gasteiger partial charge in [0.15, 0.2) is 0 Å². The average Bonchev–Trinajstić information content (AvgIpc) is 2.38. The number of amides is 1. The van der Waals surface area contributed by atoms with E-state index >= 15 is 0 Å².